The Morgan fingerprint density at radius 3 is 2.06 bits per heavy atom. The summed E-state index contributed by atoms with van der Waals surface area (Å²) >= 11 is 0. The first-order valence-electron chi connectivity index (χ1n) is 11.7. The summed E-state index contributed by atoms with van der Waals surface area (Å²) in [5.74, 6) is -0.317. The second-order valence-electron chi connectivity index (χ2n) is 8.98. The van der Waals surface area contributed by atoms with E-state index in [0.29, 0.717) is 43.9 Å². The third kappa shape index (κ3) is 5.48. The maximum absolute atomic E-state index is 12.8. The van der Waals surface area contributed by atoms with Gasteiger partial charge in [-0.3, -0.25) is 9.59 Å². The third-order valence-electron chi connectivity index (χ3n) is 6.18. The summed E-state index contributed by atoms with van der Waals surface area (Å²) in [6, 6.07) is 13.2. The average molecular weight is 486 g/mol. The minimum absolute atomic E-state index is 0.0107. The molecule has 2 aromatic rings. The Morgan fingerprint density at radius 2 is 1.47 bits per heavy atom. The fraction of sp³-hybridized carbons (Fsp3) is 0.440. The van der Waals surface area contributed by atoms with Gasteiger partial charge in [0.05, 0.1) is 17.1 Å². The molecule has 2 aliphatic heterocycles. The molecule has 2 unspecified atom stereocenters. The van der Waals surface area contributed by atoms with Crippen molar-refractivity contribution in [3.05, 3.63) is 65.2 Å². The summed E-state index contributed by atoms with van der Waals surface area (Å²) in [4.78, 5) is 27.3. The zero-order valence-electron chi connectivity index (χ0n) is 19.6. The highest BCUT2D eigenvalue weighted by Crippen LogP contribution is 2.21. The van der Waals surface area contributed by atoms with Gasteiger partial charge < -0.3 is 15.0 Å². The molecule has 4 rings (SSSR count). The average Bonchev–Trinajstić information content (AvgIpc) is 3.38. The lowest BCUT2D eigenvalue weighted by Gasteiger charge is -2.35. The van der Waals surface area contributed by atoms with E-state index < -0.39 is 10.0 Å². The van der Waals surface area contributed by atoms with Crippen LogP contribution in [0.2, 0.25) is 0 Å². The van der Waals surface area contributed by atoms with Crippen molar-refractivity contribution >= 4 is 21.8 Å². The number of hydrogen-bond acceptors (Lipinski definition) is 5. The van der Waals surface area contributed by atoms with Gasteiger partial charge in [0.15, 0.2) is 0 Å². The Hall–Kier alpha value is -2.75. The third-order valence-corrected chi connectivity index (χ3v) is 8.09. The molecule has 0 spiro atoms. The lowest BCUT2D eigenvalue weighted by Crippen LogP contribution is -2.48. The van der Waals surface area contributed by atoms with Crippen molar-refractivity contribution < 1.29 is 22.7 Å². The van der Waals surface area contributed by atoms with Crippen molar-refractivity contribution in [2.45, 2.75) is 50.3 Å². The molecule has 2 fully saturated rings. The Labute approximate surface area is 200 Å². The first kappa shape index (κ1) is 24.4. The lowest BCUT2D eigenvalue weighted by molar-refractivity contribution is -0.0586. The Balaban J connectivity index is 1.33. The molecular weight excluding hydrogens is 454 g/mol. The summed E-state index contributed by atoms with van der Waals surface area (Å²) in [6.45, 7) is 6.44. The fourth-order valence-corrected chi connectivity index (χ4v) is 5.95. The van der Waals surface area contributed by atoms with Crippen LogP contribution in [-0.2, 0) is 21.3 Å². The number of hydrogen-bond donors (Lipinski definition) is 1. The van der Waals surface area contributed by atoms with E-state index in [-0.39, 0.29) is 28.9 Å². The molecule has 2 saturated heterocycles. The van der Waals surface area contributed by atoms with Crippen LogP contribution in [0.1, 0.15) is 53.0 Å². The standard InChI is InChI=1S/C25H31N3O5S/c1-18-16-27(17-19(2)33-18)25(30)22-7-5-20(6-8-22)15-26-24(29)21-9-11-23(12-10-21)34(31,32)28-13-3-4-14-28/h5-12,18-19H,3-4,13-17H2,1-2H3,(H,26,29). The van der Waals surface area contributed by atoms with Gasteiger partial charge in [0.2, 0.25) is 10.0 Å². The van der Waals surface area contributed by atoms with Gasteiger partial charge in [0.1, 0.15) is 0 Å². The zero-order valence-corrected chi connectivity index (χ0v) is 20.4. The molecule has 2 amide bonds. The number of carbonyl (C=O) groups is 2. The smallest absolute Gasteiger partial charge is 0.254 e. The van der Waals surface area contributed by atoms with Gasteiger partial charge >= 0.3 is 0 Å². The molecule has 34 heavy (non-hydrogen) atoms. The van der Waals surface area contributed by atoms with E-state index in [2.05, 4.69) is 5.32 Å². The Bertz CT molecular complexity index is 1120. The minimum atomic E-state index is -3.50. The van der Waals surface area contributed by atoms with Gasteiger partial charge in [0, 0.05) is 43.9 Å². The fourth-order valence-electron chi connectivity index (χ4n) is 4.43. The predicted molar refractivity (Wildman–Crippen MR) is 128 cm³/mol. The van der Waals surface area contributed by atoms with Gasteiger partial charge in [0.25, 0.3) is 11.8 Å². The van der Waals surface area contributed by atoms with Crippen molar-refractivity contribution in [2.24, 2.45) is 0 Å². The van der Waals surface area contributed by atoms with Crippen molar-refractivity contribution in [1.82, 2.24) is 14.5 Å². The van der Waals surface area contributed by atoms with E-state index in [9.17, 15) is 18.0 Å². The molecule has 8 nitrogen and oxygen atoms in total. The number of nitrogens with one attached hydrogen (secondary N) is 1. The first-order chi connectivity index (χ1) is 16.2. The number of sulfonamides is 1. The largest absolute Gasteiger partial charge is 0.372 e. The second-order valence-corrected chi connectivity index (χ2v) is 10.9. The molecule has 9 heteroatoms. The van der Waals surface area contributed by atoms with Gasteiger partial charge in [-0.25, -0.2) is 8.42 Å². The minimum Gasteiger partial charge on any atom is -0.372 e. The predicted octanol–water partition coefficient (Wildman–Crippen LogP) is 2.65. The van der Waals surface area contributed by atoms with Crippen LogP contribution in [0.15, 0.2) is 53.4 Å². The number of ether oxygens (including phenoxy) is 1. The molecule has 0 saturated carbocycles. The molecule has 182 valence electrons. The summed E-state index contributed by atoms with van der Waals surface area (Å²) in [5, 5.41) is 2.84. The molecule has 2 atom stereocenters. The van der Waals surface area contributed by atoms with Crippen molar-refractivity contribution in [1.29, 1.82) is 0 Å². The number of carbonyl (C=O) groups excluding carboxylic acids is 2. The molecule has 0 aliphatic carbocycles. The maximum atomic E-state index is 12.8. The van der Waals surface area contributed by atoms with Crippen LogP contribution in [0.25, 0.3) is 0 Å². The van der Waals surface area contributed by atoms with Crippen LogP contribution in [0.4, 0.5) is 0 Å². The molecule has 2 aromatic carbocycles. The maximum Gasteiger partial charge on any atom is 0.254 e. The molecule has 0 aromatic heterocycles. The van der Waals surface area contributed by atoms with Crippen LogP contribution >= 0.6 is 0 Å². The van der Waals surface area contributed by atoms with Crippen LogP contribution in [0.5, 0.6) is 0 Å². The van der Waals surface area contributed by atoms with Crippen LogP contribution in [-0.4, -0.2) is 67.8 Å². The highest BCUT2D eigenvalue weighted by atomic mass is 32.2. The van der Waals surface area contributed by atoms with E-state index in [1.807, 2.05) is 30.9 Å². The van der Waals surface area contributed by atoms with Crippen LogP contribution in [0, 0.1) is 0 Å². The van der Waals surface area contributed by atoms with Gasteiger partial charge in [-0.2, -0.15) is 4.31 Å². The second kappa shape index (κ2) is 10.2. The highest BCUT2D eigenvalue weighted by Gasteiger charge is 2.28. The van der Waals surface area contributed by atoms with Crippen molar-refractivity contribution in [2.75, 3.05) is 26.2 Å². The van der Waals surface area contributed by atoms with E-state index in [4.69, 9.17) is 4.74 Å². The lowest BCUT2D eigenvalue weighted by atomic mass is 10.1. The van der Waals surface area contributed by atoms with Gasteiger partial charge in [-0.1, -0.05) is 12.1 Å². The number of morpholine rings is 1. The van der Waals surface area contributed by atoms with Crippen molar-refractivity contribution in [3.63, 3.8) is 0 Å². The molecular formula is C25H31N3O5S. The zero-order chi connectivity index (χ0) is 24.3. The SMILES string of the molecule is CC1CN(C(=O)c2ccc(CNC(=O)c3ccc(S(=O)(=O)N4CCCC4)cc3)cc2)CC(C)O1. The van der Waals surface area contributed by atoms with Gasteiger partial charge in [-0.05, 0) is 68.7 Å². The van der Waals surface area contributed by atoms with Crippen LogP contribution < -0.4 is 5.32 Å². The van der Waals surface area contributed by atoms with E-state index >= 15 is 0 Å². The Morgan fingerprint density at radius 1 is 0.912 bits per heavy atom. The van der Waals surface area contributed by atoms with Crippen LogP contribution in [0.3, 0.4) is 0 Å². The van der Waals surface area contributed by atoms with Gasteiger partial charge in [-0.15, -0.1) is 0 Å². The number of rotatable bonds is 6. The summed E-state index contributed by atoms with van der Waals surface area (Å²) in [7, 11) is -3.50. The summed E-state index contributed by atoms with van der Waals surface area (Å²) in [5.41, 5.74) is 1.86. The molecule has 2 heterocycles. The summed E-state index contributed by atoms with van der Waals surface area (Å²) < 4.78 is 32.4. The van der Waals surface area contributed by atoms with Crippen molar-refractivity contribution in [3.8, 4) is 0 Å². The number of amides is 2. The molecule has 2 aliphatic rings. The molecule has 1 N–H and O–H groups in total. The number of nitrogens with zero attached hydrogens (tertiary/aromatic N) is 2. The summed E-state index contributed by atoms with van der Waals surface area (Å²) in [6.07, 6.45) is 1.77. The quantitative estimate of drug-likeness (QED) is 0.679. The normalized spacial score (nSPS) is 21.4. The van der Waals surface area contributed by atoms with E-state index in [0.717, 1.165) is 18.4 Å². The van der Waals surface area contributed by atoms with E-state index in [1.165, 1.54) is 28.6 Å². The molecule has 0 radical (unpaired) electrons. The Kier molecular flexibility index (Phi) is 7.35. The monoisotopic (exact) mass is 485 g/mol. The number of benzene rings is 2. The first-order valence-corrected chi connectivity index (χ1v) is 13.1. The van der Waals surface area contributed by atoms with E-state index in [1.54, 1.807) is 12.1 Å². The highest BCUT2D eigenvalue weighted by molar-refractivity contribution is 7.89. The topological polar surface area (TPSA) is 96.0 Å². The molecule has 0 bridgehead atoms.